The molecule has 4 amide bonds. The van der Waals surface area contributed by atoms with E-state index >= 15 is 0 Å². The molecule has 2 aliphatic rings. The smallest absolute Gasteiger partial charge is 0.310 e. The fourth-order valence-corrected chi connectivity index (χ4v) is 4.85. The molecule has 2 aliphatic heterocycles. The number of rotatable bonds is 7. The fourth-order valence-electron chi connectivity index (χ4n) is 4.09. The molecule has 15 heteroatoms. The van der Waals surface area contributed by atoms with Crippen LogP contribution in [0, 0.1) is 0 Å². The fraction of sp³-hybridized carbons (Fsp3) is 0.391. The number of hydrogen-bond acceptors (Lipinski definition) is 8. The molecule has 2 saturated heterocycles. The van der Waals surface area contributed by atoms with E-state index in [-0.39, 0.29) is 37.0 Å². The van der Waals surface area contributed by atoms with Crippen LogP contribution in [0.15, 0.2) is 47.5 Å². The van der Waals surface area contributed by atoms with Crippen molar-refractivity contribution in [2.24, 2.45) is 0 Å². The van der Waals surface area contributed by atoms with Crippen molar-refractivity contribution in [1.29, 1.82) is 0 Å². The van der Waals surface area contributed by atoms with E-state index in [4.69, 9.17) is 0 Å². The first-order chi connectivity index (χ1) is 17.8. The topological polar surface area (TPSA) is 123 Å². The number of carbonyl (C=O) groups excluding carboxylic acids is 3. The highest BCUT2D eigenvalue weighted by atomic mass is 32.2. The maximum absolute atomic E-state index is 12.9. The molecule has 1 N–H and O–H groups in total. The van der Waals surface area contributed by atoms with Gasteiger partial charge in [-0.25, -0.2) is 23.1 Å². The van der Waals surface area contributed by atoms with Crippen LogP contribution < -0.4 is 10.2 Å². The third kappa shape index (κ3) is 5.95. The summed E-state index contributed by atoms with van der Waals surface area (Å²) in [6.07, 6.45) is 1.46. The van der Waals surface area contributed by atoms with Crippen molar-refractivity contribution in [3.8, 4) is 0 Å². The van der Waals surface area contributed by atoms with Crippen molar-refractivity contribution in [3.05, 3.63) is 48.2 Å². The Balaban J connectivity index is 1.39. The first-order valence-electron chi connectivity index (χ1n) is 11.5. The molecular weight excluding hydrogens is 529 g/mol. The van der Waals surface area contributed by atoms with Gasteiger partial charge >= 0.3 is 11.5 Å². The second-order valence-corrected chi connectivity index (χ2v) is 10.9. The Morgan fingerprint density at radius 1 is 1.05 bits per heavy atom. The number of carbonyl (C=O) groups is 3. The minimum atomic E-state index is -5.56. The average molecular weight is 555 g/mol. The van der Waals surface area contributed by atoms with E-state index < -0.39 is 32.2 Å². The first-order valence-corrected chi connectivity index (χ1v) is 13.0. The number of aromatic nitrogens is 1. The summed E-state index contributed by atoms with van der Waals surface area (Å²) in [4.78, 5) is 47.2. The van der Waals surface area contributed by atoms with Crippen LogP contribution in [0.25, 0.3) is 0 Å². The van der Waals surface area contributed by atoms with Crippen LogP contribution in [-0.2, 0) is 26.0 Å². The molecule has 3 heterocycles. The lowest BCUT2D eigenvalue weighted by molar-refractivity contribution is -0.118. The van der Waals surface area contributed by atoms with Crippen molar-refractivity contribution in [1.82, 2.24) is 19.7 Å². The number of anilines is 2. The molecular formula is C23H25F3N6O5S. The van der Waals surface area contributed by atoms with Crippen LogP contribution in [0.4, 0.5) is 29.5 Å². The Labute approximate surface area is 216 Å². The monoisotopic (exact) mass is 554 g/mol. The zero-order chi connectivity index (χ0) is 27.7. The number of nitrogens with one attached hydrogen (secondary N) is 1. The number of hydrogen-bond donors (Lipinski definition) is 1. The summed E-state index contributed by atoms with van der Waals surface area (Å²) < 4.78 is 61.4. The number of urea groups is 1. The molecule has 38 heavy (non-hydrogen) atoms. The molecule has 0 saturated carbocycles. The van der Waals surface area contributed by atoms with Gasteiger partial charge in [0.2, 0.25) is 5.91 Å². The minimum Gasteiger partial charge on any atom is -0.310 e. The second kappa shape index (κ2) is 10.7. The lowest BCUT2D eigenvalue weighted by Gasteiger charge is -2.31. The SMILES string of the molecule is CN1CCN(CC(=O)Nc2cc(CN3CC(=O)N(c4ccc(S(=O)(=O)C(F)(F)F)cc4)C3=O)ccn2)CC1. The second-order valence-electron chi connectivity index (χ2n) is 8.99. The Hall–Kier alpha value is -3.56. The third-order valence-electron chi connectivity index (χ3n) is 6.18. The molecule has 0 aliphatic carbocycles. The Bertz CT molecular complexity index is 1330. The van der Waals surface area contributed by atoms with Crippen molar-refractivity contribution >= 4 is 39.2 Å². The zero-order valence-corrected chi connectivity index (χ0v) is 21.1. The maximum atomic E-state index is 12.9. The molecule has 0 spiro atoms. The van der Waals surface area contributed by atoms with Crippen molar-refractivity contribution in [3.63, 3.8) is 0 Å². The zero-order valence-electron chi connectivity index (χ0n) is 20.3. The number of alkyl halides is 3. The molecule has 0 unspecified atom stereocenters. The van der Waals surface area contributed by atoms with Gasteiger partial charge in [0, 0.05) is 38.9 Å². The standard InChI is InChI=1S/C23H25F3N6O5S/c1-29-8-10-30(11-9-29)14-20(33)28-19-12-16(6-7-27-19)13-31-15-21(34)32(22(31)35)17-2-4-18(5-3-17)38(36,37)23(24,25)26/h2-7,12H,8-11,13-15H2,1H3,(H,27,28,33). The van der Waals surface area contributed by atoms with Gasteiger partial charge in [0.1, 0.15) is 12.4 Å². The number of piperazine rings is 1. The molecule has 2 aromatic rings. The summed E-state index contributed by atoms with van der Waals surface area (Å²) in [6, 6.07) is 5.81. The predicted molar refractivity (Wildman–Crippen MR) is 130 cm³/mol. The van der Waals surface area contributed by atoms with Gasteiger partial charge in [0.05, 0.1) is 17.1 Å². The van der Waals surface area contributed by atoms with Crippen molar-refractivity contribution < 1.29 is 36.0 Å². The molecule has 204 valence electrons. The van der Waals surface area contributed by atoms with Crippen LogP contribution in [0.2, 0.25) is 0 Å². The van der Waals surface area contributed by atoms with E-state index in [0.29, 0.717) is 17.7 Å². The number of benzene rings is 1. The van der Waals surface area contributed by atoms with Gasteiger partial charge in [-0.3, -0.25) is 14.5 Å². The van der Waals surface area contributed by atoms with E-state index in [1.807, 2.05) is 11.9 Å². The largest absolute Gasteiger partial charge is 0.501 e. The highest BCUT2D eigenvalue weighted by Crippen LogP contribution is 2.32. The number of amides is 4. The lowest BCUT2D eigenvalue weighted by Crippen LogP contribution is -2.47. The number of likely N-dealkylation sites (N-methyl/N-ethyl adjacent to an activating group) is 1. The molecule has 1 aromatic heterocycles. The number of halogens is 3. The van der Waals surface area contributed by atoms with E-state index in [2.05, 4.69) is 15.2 Å². The quantitative estimate of drug-likeness (QED) is 0.512. The van der Waals surface area contributed by atoms with Crippen LogP contribution in [0.3, 0.4) is 0 Å². The van der Waals surface area contributed by atoms with E-state index in [0.717, 1.165) is 43.2 Å². The summed E-state index contributed by atoms with van der Waals surface area (Å²) in [7, 11) is -3.54. The Morgan fingerprint density at radius 2 is 1.71 bits per heavy atom. The summed E-state index contributed by atoms with van der Waals surface area (Å²) >= 11 is 0. The van der Waals surface area contributed by atoms with Crippen LogP contribution in [-0.4, -0.2) is 97.8 Å². The molecule has 11 nitrogen and oxygen atoms in total. The molecule has 0 bridgehead atoms. The summed E-state index contributed by atoms with van der Waals surface area (Å²) in [6.45, 7) is 3.23. The average Bonchev–Trinajstić information content (AvgIpc) is 3.12. The predicted octanol–water partition coefficient (Wildman–Crippen LogP) is 1.53. The lowest BCUT2D eigenvalue weighted by atomic mass is 10.2. The van der Waals surface area contributed by atoms with Gasteiger partial charge < -0.3 is 15.1 Å². The van der Waals surface area contributed by atoms with Gasteiger partial charge in [-0.15, -0.1) is 0 Å². The number of nitrogens with zero attached hydrogens (tertiary/aromatic N) is 5. The molecule has 4 rings (SSSR count). The highest BCUT2D eigenvalue weighted by Gasteiger charge is 2.47. The molecule has 0 atom stereocenters. The normalized spacial score (nSPS) is 17.8. The van der Waals surface area contributed by atoms with E-state index in [1.54, 1.807) is 12.1 Å². The van der Waals surface area contributed by atoms with Crippen LogP contribution in [0.1, 0.15) is 5.56 Å². The van der Waals surface area contributed by atoms with Gasteiger partial charge in [0.25, 0.3) is 15.7 Å². The van der Waals surface area contributed by atoms with Gasteiger partial charge in [0.15, 0.2) is 0 Å². The number of sulfone groups is 1. The Kier molecular flexibility index (Phi) is 7.71. The first kappa shape index (κ1) is 27.5. The van der Waals surface area contributed by atoms with Crippen molar-refractivity contribution in [2.75, 3.05) is 56.5 Å². The summed E-state index contributed by atoms with van der Waals surface area (Å²) in [5.74, 6) is -0.567. The molecule has 1 aromatic carbocycles. The van der Waals surface area contributed by atoms with Crippen LogP contribution in [0.5, 0.6) is 0 Å². The maximum Gasteiger partial charge on any atom is 0.501 e. The van der Waals surface area contributed by atoms with Crippen LogP contribution >= 0.6 is 0 Å². The summed E-state index contributed by atoms with van der Waals surface area (Å²) in [5.41, 5.74) is -4.95. The molecule has 0 radical (unpaired) electrons. The van der Waals surface area contributed by atoms with E-state index in [9.17, 15) is 36.0 Å². The third-order valence-corrected chi connectivity index (χ3v) is 7.68. The Morgan fingerprint density at radius 3 is 2.34 bits per heavy atom. The van der Waals surface area contributed by atoms with Gasteiger partial charge in [-0.05, 0) is 49.0 Å². The van der Waals surface area contributed by atoms with Crippen molar-refractivity contribution in [2.45, 2.75) is 16.9 Å². The number of pyridine rings is 1. The number of imide groups is 1. The highest BCUT2D eigenvalue weighted by molar-refractivity contribution is 7.92. The summed E-state index contributed by atoms with van der Waals surface area (Å²) in [5, 5.41) is 2.73. The van der Waals surface area contributed by atoms with Gasteiger partial charge in [-0.2, -0.15) is 13.2 Å². The minimum absolute atomic E-state index is 0.00542. The molecule has 2 fully saturated rings. The van der Waals surface area contributed by atoms with E-state index in [1.165, 1.54) is 11.1 Å². The van der Waals surface area contributed by atoms with Gasteiger partial charge in [-0.1, -0.05) is 0 Å².